The van der Waals surface area contributed by atoms with Crippen molar-refractivity contribution in [2.75, 3.05) is 32.1 Å². The Balaban J connectivity index is 1.52. The highest BCUT2D eigenvalue weighted by atomic mass is 19.1. The summed E-state index contributed by atoms with van der Waals surface area (Å²) in [6, 6.07) is 9.72. The number of aryl methyl sites for hydroxylation is 1. The number of imide groups is 1. The van der Waals surface area contributed by atoms with Crippen molar-refractivity contribution in [2.45, 2.75) is 45.2 Å². The van der Waals surface area contributed by atoms with Crippen molar-refractivity contribution in [3.63, 3.8) is 0 Å². The van der Waals surface area contributed by atoms with Crippen LogP contribution >= 0.6 is 0 Å². The highest BCUT2D eigenvalue weighted by molar-refractivity contribution is 6.16. The van der Waals surface area contributed by atoms with Crippen LogP contribution in [0.1, 0.15) is 42.6 Å². The van der Waals surface area contributed by atoms with Crippen molar-refractivity contribution in [1.82, 2.24) is 15.1 Å². The number of ether oxygens (including phenoxy) is 1. The molecule has 5 amide bonds. The van der Waals surface area contributed by atoms with Crippen LogP contribution in [0.25, 0.3) is 0 Å². The topological polar surface area (TPSA) is 99.3 Å². The molecule has 0 radical (unpaired) electrons. The van der Waals surface area contributed by atoms with Crippen molar-refractivity contribution in [3.8, 4) is 5.75 Å². The smallest absolute Gasteiger partial charge is 0.331 e. The molecule has 38 heavy (non-hydrogen) atoms. The summed E-state index contributed by atoms with van der Waals surface area (Å²) in [5.74, 6) is -1.24. The van der Waals surface area contributed by atoms with Crippen molar-refractivity contribution in [3.05, 3.63) is 59.4 Å². The fourth-order valence-electron chi connectivity index (χ4n) is 5.25. The maximum atomic E-state index is 13.8. The van der Waals surface area contributed by atoms with E-state index in [0.717, 1.165) is 11.0 Å². The summed E-state index contributed by atoms with van der Waals surface area (Å²) >= 11 is 0. The van der Waals surface area contributed by atoms with Crippen molar-refractivity contribution in [2.24, 2.45) is 5.92 Å². The summed E-state index contributed by atoms with van der Waals surface area (Å²) in [6.07, 6.45) is 0.503. The zero-order valence-electron chi connectivity index (χ0n) is 22.3. The summed E-state index contributed by atoms with van der Waals surface area (Å²) in [5, 5.41) is 2.77. The first-order valence-electron chi connectivity index (χ1n) is 12.6. The average Bonchev–Trinajstić information content (AvgIpc) is 3.07. The number of urea groups is 1. The Hall–Kier alpha value is -3.95. The third-order valence-electron chi connectivity index (χ3n) is 7.37. The van der Waals surface area contributed by atoms with Crippen LogP contribution in [0.4, 0.5) is 14.9 Å². The minimum absolute atomic E-state index is 0.145. The number of rotatable bonds is 6. The number of carbonyl (C=O) groups excluding carboxylic acids is 4. The highest BCUT2D eigenvalue weighted by Crippen LogP contribution is 2.40. The quantitative estimate of drug-likeness (QED) is 0.585. The number of benzene rings is 2. The van der Waals surface area contributed by atoms with Gasteiger partial charge in [-0.25, -0.2) is 9.18 Å². The van der Waals surface area contributed by atoms with Crippen molar-refractivity contribution in [1.29, 1.82) is 0 Å². The van der Waals surface area contributed by atoms with E-state index >= 15 is 0 Å². The lowest BCUT2D eigenvalue weighted by Gasteiger charge is -2.43. The molecule has 10 heteroatoms. The molecule has 2 fully saturated rings. The molecule has 4 rings (SSSR count). The number of piperidine rings is 1. The molecule has 1 spiro atoms. The second kappa shape index (κ2) is 10.4. The van der Waals surface area contributed by atoms with Crippen LogP contribution in [0.15, 0.2) is 42.5 Å². The summed E-state index contributed by atoms with van der Waals surface area (Å²) in [6.45, 7) is 5.80. The van der Waals surface area contributed by atoms with E-state index in [-0.39, 0.29) is 49.2 Å². The molecule has 0 bridgehead atoms. The van der Waals surface area contributed by atoms with Gasteiger partial charge in [-0.15, -0.1) is 0 Å². The molecule has 2 aromatic carbocycles. The van der Waals surface area contributed by atoms with Gasteiger partial charge < -0.3 is 15.0 Å². The number of carbonyl (C=O) groups is 4. The van der Waals surface area contributed by atoms with Gasteiger partial charge in [0.25, 0.3) is 11.8 Å². The zero-order chi connectivity index (χ0) is 27.8. The van der Waals surface area contributed by atoms with Crippen LogP contribution in [-0.2, 0) is 9.59 Å². The summed E-state index contributed by atoms with van der Waals surface area (Å²) in [4.78, 5) is 57.1. The molecule has 9 nitrogen and oxygen atoms in total. The van der Waals surface area contributed by atoms with Gasteiger partial charge in [-0.05, 0) is 73.7 Å². The number of anilines is 1. The predicted molar refractivity (Wildman–Crippen MR) is 139 cm³/mol. The van der Waals surface area contributed by atoms with E-state index in [4.69, 9.17) is 4.74 Å². The van der Waals surface area contributed by atoms with Crippen molar-refractivity contribution >= 4 is 29.4 Å². The SMILES string of the molecule is COc1ccc(N2C(=O)N(C)C(=O)C23CCN(C(=O)C(NC(=O)c2cc(C)cc(F)c2)C(C)C)CC3)cc1. The second-order valence-corrected chi connectivity index (χ2v) is 10.2. The number of hydrogen-bond donors (Lipinski definition) is 1. The molecule has 202 valence electrons. The molecule has 1 atom stereocenters. The zero-order valence-corrected chi connectivity index (χ0v) is 22.3. The number of likely N-dealkylation sites (tertiary alicyclic amines) is 1. The molecule has 1 N–H and O–H groups in total. The minimum atomic E-state index is -1.10. The number of halogens is 1. The van der Waals surface area contributed by atoms with Gasteiger partial charge in [-0.2, -0.15) is 0 Å². The van der Waals surface area contributed by atoms with Crippen LogP contribution in [0.5, 0.6) is 5.75 Å². The third-order valence-corrected chi connectivity index (χ3v) is 7.37. The van der Waals surface area contributed by atoms with Gasteiger partial charge in [0.05, 0.1) is 7.11 Å². The van der Waals surface area contributed by atoms with Crippen LogP contribution < -0.4 is 15.0 Å². The Morgan fingerprint density at radius 3 is 2.24 bits per heavy atom. The van der Waals surface area contributed by atoms with E-state index in [1.165, 1.54) is 18.0 Å². The van der Waals surface area contributed by atoms with E-state index in [1.54, 1.807) is 49.3 Å². The molecule has 2 saturated heterocycles. The maximum absolute atomic E-state index is 13.8. The fraction of sp³-hybridized carbons (Fsp3) is 0.429. The van der Waals surface area contributed by atoms with Crippen LogP contribution in [0.3, 0.4) is 0 Å². The molecule has 1 unspecified atom stereocenters. The van der Waals surface area contributed by atoms with E-state index in [2.05, 4.69) is 5.32 Å². The fourth-order valence-corrected chi connectivity index (χ4v) is 5.25. The van der Waals surface area contributed by atoms with E-state index in [0.29, 0.717) is 17.0 Å². The van der Waals surface area contributed by atoms with Gasteiger partial charge in [0.1, 0.15) is 23.1 Å². The van der Waals surface area contributed by atoms with Gasteiger partial charge in [-0.3, -0.25) is 24.2 Å². The largest absolute Gasteiger partial charge is 0.497 e. The monoisotopic (exact) mass is 524 g/mol. The average molecular weight is 525 g/mol. The van der Waals surface area contributed by atoms with Crippen LogP contribution in [0, 0.1) is 18.7 Å². The first kappa shape index (κ1) is 27.1. The van der Waals surface area contributed by atoms with E-state index in [1.807, 2.05) is 13.8 Å². The van der Waals surface area contributed by atoms with Gasteiger partial charge >= 0.3 is 6.03 Å². The van der Waals surface area contributed by atoms with Crippen molar-refractivity contribution < 1.29 is 28.3 Å². The lowest BCUT2D eigenvalue weighted by atomic mass is 9.85. The Bertz CT molecular complexity index is 1230. The first-order chi connectivity index (χ1) is 18.0. The van der Waals surface area contributed by atoms with E-state index < -0.39 is 29.3 Å². The number of nitrogens with one attached hydrogen (secondary N) is 1. The Labute approximate surface area is 221 Å². The van der Waals surface area contributed by atoms with Gasteiger partial charge in [0, 0.05) is 31.4 Å². The number of hydrogen-bond acceptors (Lipinski definition) is 5. The molecule has 0 aliphatic carbocycles. The number of likely N-dealkylation sites (N-methyl/N-ethyl adjacent to an activating group) is 1. The summed E-state index contributed by atoms with van der Waals surface area (Å²) in [7, 11) is 3.01. The molecule has 0 saturated carbocycles. The molecule has 2 heterocycles. The van der Waals surface area contributed by atoms with E-state index in [9.17, 15) is 23.6 Å². The molecule has 2 aliphatic rings. The lowest BCUT2D eigenvalue weighted by Crippen LogP contribution is -2.60. The number of methoxy groups -OCH3 is 1. The third kappa shape index (κ3) is 4.82. The summed E-state index contributed by atoms with van der Waals surface area (Å²) < 4.78 is 19.1. The van der Waals surface area contributed by atoms with Gasteiger partial charge in [-0.1, -0.05) is 13.8 Å². The summed E-state index contributed by atoms with van der Waals surface area (Å²) in [5.41, 5.74) is 0.219. The standard InChI is InChI=1S/C28H33FN4O5/c1-17(2)23(30-24(34)19-14-18(3)15-20(29)16-19)25(35)32-12-10-28(11-13-32)26(36)31(4)27(37)33(28)21-6-8-22(38-5)9-7-21/h6-9,14-17,23H,10-13H2,1-5H3,(H,30,34). The van der Waals surface area contributed by atoms with Gasteiger partial charge in [0.15, 0.2) is 0 Å². The molecule has 0 aromatic heterocycles. The van der Waals surface area contributed by atoms with Gasteiger partial charge in [0.2, 0.25) is 5.91 Å². The maximum Gasteiger partial charge on any atom is 0.331 e. The Kier molecular flexibility index (Phi) is 7.44. The lowest BCUT2D eigenvalue weighted by molar-refractivity contribution is -0.139. The molecular formula is C28H33FN4O5. The first-order valence-corrected chi connectivity index (χ1v) is 12.6. The van der Waals surface area contributed by atoms with Crippen LogP contribution in [0.2, 0.25) is 0 Å². The Morgan fingerprint density at radius 1 is 1.05 bits per heavy atom. The van der Waals surface area contributed by atoms with Crippen LogP contribution in [-0.4, -0.2) is 72.4 Å². The second-order valence-electron chi connectivity index (χ2n) is 10.2. The normalized spacial score (nSPS) is 17.8. The molecule has 2 aromatic rings. The number of nitrogens with zero attached hydrogens (tertiary/aromatic N) is 3. The molecule has 2 aliphatic heterocycles. The minimum Gasteiger partial charge on any atom is -0.497 e. The number of amides is 5. The predicted octanol–water partition coefficient (Wildman–Crippen LogP) is 3.36. The Morgan fingerprint density at radius 2 is 1.68 bits per heavy atom. The highest BCUT2D eigenvalue weighted by Gasteiger charge is 2.58. The molecular weight excluding hydrogens is 491 g/mol.